The van der Waals surface area contributed by atoms with Crippen LogP contribution >= 0.6 is 46.8 Å². The number of thiol groups is 1. The van der Waals surface area contributed by atoms with Gasteiger partial charge in [0.1, 0.15) is 12.6 Å². The maximum absolute atomic E-state index is 13.4. The molecule has 0 aliphatic carbocycles. The molecule has 2 atom stereocenters. The molecule has 2 rings (SSSR count). The number of carbonyl (C=O) groups is 3. The molecule has 0 bridgehead atoms. The summed E-state index contributed by atoms with van der Waals surface area (Å²) in [4.78, 5) is 47.2. The Labute approximate surface area is 301 Å². The van der Waals surface area contributed by atoms with Gasteiger partial charge >= 0.3 is 12.1 Å². The number of alkyl carbamates (subject to hydrolysis) is 1. The van der Waals surface area contributed by atoms with Crippen LogP contribution in [-0.4, -0.2) is 93.4 Å². The number of rotatable bonds is 19. The number of aromatic nitrogens is 1. The monoisotopic (exact) mass is 823 g/mol. The second-order valence-electron chi connectivity index (χ2n) is 11.3. The number of halogens is 1. The topological polar surface area (TPSA) is 162 Å². The van der Waals surface area contributed by atoms with Crippen molar-refractivity contribution in [2.24, 2.45) is 0 Å². The van der Waals surface area contributed by atoms with E-state index in [2.05, 4.69) is 50.3 Å². The Morgan fingerprint density at radius 1 is 1.13 bits per heavy atom. The lowest BCUT2D eigenvalue weighted by molar-refractivity contribution is -0.125. The van der Waals surface area contributed by atoms with E-state index < -0.39 is 34.1 Å². The van der Waals surface area contributed by atoms with E-state index in [9.17, 15) is 22.8 Å². The van der Waals surface area contributed by atoms with Gasteiger partial charge in [0.25, 0.3) is 0 Å². The summed E-state index contributed by atoms with van der Waals surface area (Å²) in [6.07, 6.45) is 3.75. The SMILES string of the molecule is CC(C)c1nc(CN(C)C(=O)N(C)C(CCNS(C)(=O)=O)C(=O)NCCCC(Cc2ccccc2)NC(=O)OC/C(S)=C/NI)cs1. The van der Waals surface area contributed by atoms with Gasteiger partial charge in [0.05, 0.1) is 46.4 Å². The highest BCUT2D eigenvalue weighted by molar-refractivity contribution is 14.1. The summed E-state index contributed by atoms with van der Waals surface area (Å²) >= 11 is 7.72. The van der Waals surface area contributed by atoms with Gasteiger partial charge in [0.2, 0.25) is 15.9 Å². The summed E-state index contributed by atoms with van der Waals surface area (Å²) < 4.78 is 33.8. The first kappa shape index (κ1) is 40.6. The Kier molecular flexibility index (Phi) is 17.9. The van der Waals surface area contributed by atoms with Gasteiger partial charge in [-0.1, -0.05) is 44.2 Å². The van der Waals surface area contributed by atoms with Crippen molar-refractivity contribution in [3.8, 4) is 0 Å². The maximum Gasteiger partial charge on any atom is 0.407 e. The minimum Gasteiger partial charge on any atom is -0.444 e. The van der Waals surface area contributed by atoms with Gasteiger partial charge in [-0.05, 0) is 31.2 Å². The second kappa shape index (κ2) is 20.7. The van der Waals surface area contributed by atoms with Crippen LogP contribution in [0.3, 0.4) is 0 Å². The highest BCUT2D eigenvalue weighted by Crippen LogP contribution is 2.20. The molecule has 1 aromatic heterocycles. The molecule has 0 saturated carbocycles. The number of hydrogen-bond donors (Lipinski definition) is 5. The molecule has 0 fully saturated rings. The zero-order valence-electron chi connectivity index (χ0n) is 27.4. The van der Waals surface area contributed by atoms with Crippen LogP contribution in [0.25, 0.3) is 0 Å². The third kappa shape index (κ3) is 15.9. The van der Waals surface area contributed by atoms with Gasteiger partial charge in [-0.25, -0.2) is 27.7 Å². The number of nitrogens with one attached hydrogen (secondary N) is 4. The van der Waals surface area contributed by atoms with Crippen LogP contribution < -0.4 is 18.9 Å². The summed E-state index contributed by atoms with van der Waals surface area (Å²) in [7, 11) is -0.330. The number of ether oxygens (including phenoxy) is 1. The normalized spacial score (nSPS) is 13.1. The summed E-state index contributed by atoms with van der Waals surface area (Å²) in [5, 5.41) is 8.68. The Hall–Kier alpha value is -2.61. The van der Waals surface area contributed by atoms with E-state index in [1.165, 1.54) is 28.2 Å². The van der Waals surface area contributed by atoms with Crippen molar-refractivity contribution in [1.29, 1.82) is 0 Å². The minimum absolute atomic E-state index is 0.0127. The molecular weight excluding hydrogens is 777 g/mol. The molecule has 17 heteroatoms. The van der Waals surface area contributed by atoms with E-state index in [1.54, 1.807) is 13.2 Å². The van der Waals surface area contributed by atoms with Crippen LogP contribution in [0.4, 0.5) is 9.59 Å². The molecule has 2 unspecified atom stereocenters. The summed E-state index contributed by atoms with van der Waals surface area (Å²) in [6.45, 7) is 4.63. The number of nitrogens with zero attached hydrogens (tertiary/aromatic N) is 3. The molecule has 47 heavy (non-hydrogen) atoms. The smallest absolute Gasteiger partial charge is 0.407 e. The van der Waals surface area contributed by atoms with Crippen LogP contribution in [0, 0.1) is 0 Å². The number of hydrogen-bond acceptors (Lipinski definition) is 10. The van der Waals surface area contributed by atoms with E-state index in [-0.39, 0.29) is 44.6 Å². The van der Waals surface area contributed by atoms with Crippen LogP contribution in [-0.2, 0) is 32.5 Å². The van der Waals surface area contributed by atoms with Crippen molar-refractivity contribution in [3.05, 3.63) is 63.1 Å². The van der Waals surface area contributed by atoms with E-state index in [4.69, 9.17) is 4.74 Å². The summed E-state index contributed by atoms with van der Waals surface area (Å²) in [6, 6.07) is 8.10. The zero-order chi connectivity index (χ0) is 35.0. The standard InChI is InChI=1S/C30H46IN7O6S3/c1-21(2)28-35-24(20-46-28)18-37(3)30(41)38(4)26(13-15-34-47(5,42)43)27(39)32-14-9-12-23(16-22-10-7-6-8-11-22)36-29(40)44-19-25(45)17-33-31/h6-8,10-11,17,20-21,23,26,33-34,45H,9,12-16,18-19H2,1-5H3,(H,32,39)(H,36,40)/b25-17-. The molecule has 0 aliphatic heterocycles. The van der Waals surface area contributed by atoms with Gasteiger partial charge < -0.3 is 28.7 Å². The van der Waals surface area contributed by atoms with Gasteiger partial charge in [0.15, 0.2) is 0 Å². The van der Waals surface area contributed by atoms with Crippen LogP contribution in [0.15, 0.2) is 46.8 Å². The minimum atomic E-state index is -3.49. The first-order valence-electron chi connectivity index (χ1n) is 15.1. The first-order chi connectivity index (χ1) is 22.2. The number of thiazole rings is 1. The molecule has 1 heterocycles. The molecule has 0 saturated heterocycles. The lowest BCUT2D eigenvalue weighted by Gasteiger charge is -2.31. The molecule has 0 radical (unpaired) electrons. The number of urea groups is 1. The van der Waals surface area contributed by atoms with Crippen LogP contribution in [0.5, 0.6) is 0 Å². The van der Waals surface area contributed by atoms with Gasteiger partial charge in [0, 0.05) is 55.6 Å². The fourth-order valence-electron chi connectivity index (χ4n) is 4.51. The third-order valence-electron chi connectivity index (χ3n) is 6.89. The number of carbonyl (C=O) groups excluding carboxylic acids is 3. The van der Waals surface area contributed by atoms with Crippen molar-refractivity contribution in [3.63, 3.8) is 0 Å². The molecule has 13 nitrogen and oxygen atoms in total. The second-order valence-corrected chi connectivity index (χ2v) is 15.3. The highest BCUT2D eigenvalue weighted by atomic mass is 127. The first-order valence-corrected chi connectivity index (χ1v) is 19.4. The van der Waals surface area contributed by atoms with Crippen molar-refractivity contribution in [2.75, 3.05) is 40.0 Å². The van der Waals surface area contributed by atoms with E-state index in [1.807, 2.05) is 58.6 Å². The van der Waals surface area contributed by atoms with Crippen LogP contribution in [0.1, 0.15) is 55.3 Å². The van der Waals surface area contributed by atoms with Crippen molar-refractivity contribution in [2.45, 2.75) is 64.1 Å². The van der Waals surface area contributed by atoms with E-state index in [0.29, 0.717) is 24.2 Å². The lowest BCUT2D eigenvalue weighted by Crippen LogP contribution is -2.52. The number of likely N-dealkylation sites (N-methyl/N-ethyl adjacent to an activating group) is 1. The average molecular weight is 824 g/mol. The summed E-state index contributed by atoms with van der Waals surface area (Å²) in [5.74, 6) is -0.137. The quantitative estimate of drug-likeness (QED) is 0.0616. The largest absolute Gasteiger partial charge is 0.444 e. The van der Waals surface area contributed by atoms with Crippen molar-refractivity contribution >= 4 is 74.9 Å². The van der Waals surface area contributed by atoms with Gasteiger partial charge in [-0.3, -0.25) is 4.79 Å². The molecule has 2 aromatic rings. The Morgan fingerprint density at radius 2 is 1.83 bits per heavy atom. The predicted octanol–water partition coefficient (Wildman–Crippen LogP) is 4.00. The highest BCUT2D eigenvalue weighted by Gasteiger charge is 2.29. The van der Waals surface area contributed by atoms with Gasteiger partial charge in [-0.2, -0.15) is 0 Å². The predicted molar refractivity (Wildman–Crippen MR) is 197 cm³/mol. The number of benzene rings is 1. The molecule has 4 N–H and O–H groups in total. The van der Waals surface area contributed by atoms with Gasteiger partial charge in [-0.15, -0.1) is 24.0 Å². The van der Waals surface area contributed by atoms with Crippen molar-refractivity contribution in [1.82, 2.24) is 33.7 Å². The number of sulfonamides is 1. The van der Waals surface area contributed by atoms with Crippen molar-refractivity contribution < 1.29 is 27.5 Å². The fraction of sp³-hybridized carbons (Fsp3) is 0.533. The average Bonchev–Trinajstić information content (AvgIpc) is 3.48. The third-order valence-corrected chi connectivity index (χ3v) is 9.38. The molecule has 4 amide bonds. The molecule has 0 spiro atoms. The number of amides is 4. The molecule has 0 aliphatic rings. The maximum atomic E-state index is 13.4. The lowest BCUT2D eigenvalue weighted by atomic mass is 10.0. The van der Waals surface area contributed by atoms with E-state index in [0.717, 1.165) is 22.5 Å². The Morgan fingerprint density at radius 3 is 2.45 bits per heavy atom. The molecule has 1 aromatic carbocycles. The zero-order valence-corrected chi connectivity index (χ0v) is 32.0. The Balaban J connectivity index is 2.03. The van der Waals surface area contributed by atoms with E-state index >= 15 is 0 Å². The molecular formula is C30H46IN7O6S3. The fourth-order valence-corrected chi connectivity index (χ4v) is 6.58. The summed E-state index contributed by atoms with van der Waals surface area (Å²) in [5.41, 5.74) is 1.79. The van der Waals surface area contributed by atoms with Crippen LogP contribution in [0.2, 0.25) is 0 Å². The Bertz CT molecular complexity index is 1430. The molecule has 262 valence electrons.